The molecule has 186 valence electrons. The summed E-state index contributed by atoms with van der Waals surface area (Å²) in [7, 11) is 0.379. The minimum atomic E-state index is -3.67. The van der Waals surface area contributed by atoms with E-state index in [1.165, 1.54) is 5.56 Å². The molecule has 0 amide bonds. The monoisotopic (exact) mass is 502 g/mol. The van der Waals surface area contributed by atoms with Gasteiger partial charge in [0, 0.05) is 29.6 Å². The second-order valence-electron chi connectivity index (χ2n) is 9.58. The second kappa shape index (κ2) is 9.89. The van der Waals surface area contributed by atoms with E-state index < -0.39 is 10.0 Å². The molecule has 7 nitrogen and oxygen atoms in total. The highest BCUT2D eigenvalue weighted by Gasteiger charge is 2.25. The number of aliphatic imine (C=N–C) groups is 1. The van der Waals surface area contributed by atoms with Crippen molar-refractivity contribution in [3.63, 3.8) is 0 Å². The lowest BCUT2D eigenvalue weighted by Crippen LogP contribution is -2.25. The molecule has 8 heteroatoms. The summed E-state index contributed by atoms with van der Waals surface area (Å²) >= 11 is 0. The molecule has 0 atom stereocenters. The van der Waals surface area contributed by atoms with Gasteiger partial charge in [-0.1, -0.05) is 42.5 Å². The van der Waals surface area contributed by atoms with Crippen molar-refractivity contribution in [2.24, 2.45) is 10.9 Å². The van der Waals surface area contributed by atoms with Crippen LogP contribution in [0.2, 0.25) is 0 Å². The topological polar surface area (TPSA) is 97.8 Å². The number of fused-ring (bicyclic) bond motifs is 1. The predicted molar refractivity (Wildman–Crippen MR) is 143 cm³/mol. The Morgan fingerprint density at radius 2 is 1.78 bits per heavy atom. The Balaban J connectivity index is 1.61. The van der Waals surface area contributed by atoms with Gasteiger partial charge in [-0.3, -0.25) is 0 Å². The molecule has 5 rings (SSSR count). The summed E-state index contributed by atoms with van der Waals surface area (Å²) in [6.45, 7) is 1.27. The van der Waals surface area contributed by atoms with Crippen LogP contribution in [0.4, 0.5) is 5.69 Å². The molecular weight excluding hydrogens is 472 g/mol. The zero-order valence-corrected chi connectivity index (χ0v) is 21.2. The Morgan fingerprint density at radius 1 is 1.06 bits per heavy atom. The number of nitrogens with one attached hydrogen (secondary N) is 2. The number of H-pyrrole nitrogens is 1. The molecule has 1 aliphatic carbocycles. The average molecular weight is 503 g/mol. The fourth-order valence-electron chi connectivity index (χ4n) is 4.23. The molecule has 1 aliphatic rings. The maximum Gasteiger partial charge on any atom is 0.240 e. The number of hydrogen-bond acceptors (Lipinski definition) is 5. The molecule has 4 aromatic rings. The number of hydrogen-bond donors (Lipinski definition) is 3. The number of aromatic hydroxyl groups is 1. The van der Waals surface area contributed by atoms with Crippen molar-refractivity contribution in [3.8, 4) is 5.88 Å². The maximum atomic E-state index is 12.9. The van der Waals surface area contributed by atoms with Crippen LogP contribution in [0.5, 0.6) is 5.88 Å². The van der Waals surface area contributed by atoms with Gasteiger partial charge in [0.2, 0.25) is 10.0 Å². The van der Waals surface area contributed by atoms with E-state index >= 15 is 0 Å². The lowest BCUT2D eigenvalue weighted by Gasteiger charge is -2.11. The Bertz CT molecular complexity index is 1500. The molecular formula is C28H30N4O3S. The van der Waals surface area contributed by atoms with Crippen molar-refractivity contribution >= 4 is 32.3 Å². The van der Waals surface area contributed by atoms with Gasteiger partial charge in [0.1, 0.15) is 0 Å². The van der Waals surface area contributed by atoms with Gasteiger partial charge in [0.05, 0.1) is 21.9 Å². The van der Waals surface area contributed by atoms with Crippen molar-refractivity contribution in [2.45, 2.75) is 24.3 Å². The quantitative estimate of drug-likeness (QED) is 0.287. The van der Waals surface area contributed by atoms with Crippen LogP contribution in [0.3, 0.4) is 0 Å². The maximum absolute atomic E-state index is 12.9. The van der Waals surface area contributed by atoms with E-state index in [-0.39, 0.29) is 10.8 Å². The third-order valence-corrected chi connectivity index (χ3v) is 7.70. The molecule has 0 bridgehead atoms. The Kier molecular flexibility index (Phi) is 6.66. The Morgan fingerprint density at radius 3 is 2.44 bits per heavy atom. The van der Waals surface area contributed by atoms with Crippen LogP contribution >= 0.6 is 0 Å². The standard InChI is InChI=1S/C28H30N4O3S/c1-32(2)18-20-10-12-22(13-11-20)30-27(21-6-4-3-5-7-21)26-24-16-23(14-15-25(24)31-28(26)33)36(34,35)29-17-19-8-9-19/h3-7,10-16,19,29,31,33H,8-9,17-18H2,1-2H3. The Labute approximate surface area is 211 Å². The first kappa shape index (κ1) is 24.2. The van der Waals surface area contributed by atoms with Crippen LogP contribution < -0.4 is 4.72 Å². The molecule has 3 N–H and O–H groups in total. The fraction of sp³-hybridized carbons (Fsp3) is 0.250. The van der Waals surface area contributed by atoms with Crippen molar-refractivity contribution in [3.05, 3.63) is 89.5 Å². The van der Waals surface area contributed by atoms with Gasteiger partial charge in [-0.05, 0) is 68.8 Å². The van der Waals surface area contributed by atoms with Crippen molar-refractivity contribution in [1.29, 1.82) is 0 Å². The second-order valence-corrected chi connectivity index (χ2v) is 11.3. The predicted octanol–water partition coefficient (Wildman–Crippen LogP) is 4.79. The molecule has 0 radical (unpaired) electrons. The zero-order valence-electron chi connectivity index (χ0n) is 20.4. The van der Waals surface area contributed by atoms with Crippen molar-refractivity contribution < 1.29 is 13.5 Å². The highest BCUT2D eigenvalue weighted by Crippen LogP contribution is 2.33. The van der Waals surface area contributed by atoms with E-state index in [1.807, 2.05) is 68.7 Å². The van der Waals surface area contributed by atoms with E-state index in [0.29, 0.717) is 34.6 Å². The number of nitrogens with zero attached hydrogens (tertiary/aromatic N) is 2. The summed E-state index contributed by atoms with van der Waals surface area (Å²) < 4.78 is 28.6. The Hall–Kier alpha value is -3.46. The third-order valence-electron chi connectivity index (χ3n) is 6.28. The first-order chi connectivity index (χ1) is 17.3. The largest absolute Gasteiger partial charge is 0.494 e. The minimum absolute atomic E-state index is 0.0580. The number of sulfonamides is 1. The first-order valence-electron chi connectivity index (χ1n) is 12.0. The van der Waals surface area contributed by atoms with Gasteiger partial charge in [0.15, 0.2) is 5.88 Å². The molecule has 36 heavy (non-hydrogen) atoms. The van der Waals surface area contributed by atoms with Crippen LogP contribution in [0.15, 0.2) is 82.7 Å². The van der Waals surface area contributed by atoms with E-state index in [0.717, 1.165) is 30.6 Å². The normalized spacial score (nSPS) is 14.6. The minimum Gasteiger partial charge on any atom is -0.494 e. The van der Waals surface area contributed by atoms with Gasteiger partial charge < -0.3 is 15.0 Å². The van der Waals surface area contributed by atoms with Crippen LogP contribution in [0, 0.1) is 5.92 Å². The van der Waals surface area contributed by atoms with Crippen LogP contribution in [-0.4, -0.2) is 49.8 Å². The smallest absolute Gasteiger partial charge is 0.240 e. The summed E-state index contributed by atoms with van der Waals surface area (Å²) in [5, 5.41) is 11.5. The highest BCUT2D eigenvalue weighted by molar-refractivity contribution is 7.89. The van der Waals surface area contributed by atoms with Crippen LogP contribution in [0.25, 0.3) is 10.9 Å². The zero-order chi connectivity index (χ0) is 25.3. The molecule has 1 aromatic heterocycles. The lowest BCUT2D eigenvalue weighted by molar-refractivity contribution is 0.402. The van der Waals surface area contributed by atoms with Crippen LogP contribution in [0.1, 0.15) is 29.5 Å². The molecule has 0 spiro atoms. The van der Waals surface area contributed by atoms with E-state index in [4.69, 9.17) is 4.99 Å². The summed E-state index contributed by atoms with van der Waals surface area (Å²) in [6, 6.07) is 22.4. The molecule has 0 aliphatic heterocycles. The van der Waals surface area contributed by atoms with E-state index in [2.05, 4.69) is 14.6 Å². The molecule has 1 heterocycles. The first-order valence-corrected chi connectivity index (χ1v) is 13.5. The summed E-state index contributed by atoms with van der Waals surface area (Å²) in [5.74, 6) is 0.369. The number of rotatable bonds is 9. The third kappa shape index (κ3) is 5.36. The molecule has 0 unspecified atom stereocenters. The lowest BCUT2D eigenvalue weighted by atomic mass is 10.0. The van der Waals surface area contributed by atoms with Gasteiger partial charge in [-0.25, -0.2) is 18.1 Å². The van der Waals surface area contributed by atoms with Gasteiger partial charge >= 0.3 is 0 Å². The molecule has 1 saturated carbocycles. The van der Waals surface area contributed by atoms with E-state index in [9.17, 15) is 13.5 Å². The molecule has 1 fully saturated rings. The van der Waals surface area contributed by atoms with Gasteiger partial charge in [0.25, 0.3) is 0 Å². The number of aromatic nitrogens is 1. The van der Waals surface area contributed by atoms with Crippen molar-refractivity contribution in [1.82, 2.24) is 14.6 Å². The summed E-state index contributed by atoms with van der Waals surface area (Å²) in [6.07, 6.45) is 2.12. The number of benzene rings is 3. The van der Waals surface area contributed by atoms with Gasteiger partial charge in [-0.15, -0.1) is 0 Å². The summed E-state index contributed by atoms with van der Waals surface area (Å²) in [4.78, 5) is 10.2. The fourth-order valence-corrected chi connectivity index (χ4v) is 5.37. The SMILES string of the molecule is CN(C)Cc1ccc(N=C(c2ccccc2)c2c(O)[nH]c3ccc(S(=O)(=O)NCC4CC4)cc23)cc1. The van der Waals surface area contributed by atoms with Crippen molar-refractivity contribution in [2.75, 3.05) is 20.6 Å². The molecule has 3 aromatic carbocycles. The van der Waals surface area contributed by atoms with Gasteiger partial charge in [-0.2, -0.15) is 0 Å². The number of aromatic amines is 1. The van der Waals surface area contributed by atoms with Crippen LogP contribution in [-0.2, 0) is 16.6 Å². The molecule has 0 saturated heterocycles. The van der Waals surface area contributed by atoms with E-state index in [1.54, 1.807) is 18.2 Å². The highest BCUT2D eigenvalue weighted by atomic mass is 32.2. The summed E-state index contributed by atoms with van der Waals surface area (Å²) in [5.41, 5.74) is 4.37. The average Bonchev–Trinajstić information content (AvgIpc) is 3.64.